The van der Waals surface area contributed by atoms with E-state index < -0.39 is 6.04 Å². The van der Waals surface area contributed by atoms with Crippen LogP contribution in [0, 0.1) is 0 Å². The van der Waals surface area contributed by atoms with E-state index in [0.29, 0.717) is 38.5 Å². The van der Waals surface area contributed by atoms with Crippen molar-refractivity contribution in [3.05, 3.63) is 66.2 Å². The van der Waals surface area contributed by atoms with Gasteiger partial charge in [-0.3, -0.25) is 9.59 Å². The number of nitrogens with one attached hydrogen (secondary N) is 1. The van der Waals surface area contributed by atoms with Crippen molar-refractivity contribution in [1.82, 2.24) is 10.2 Å². The van der Waals surface area contributed by atoms with E-state index in [0.717, 1.165) is 5.56 Å². The summed E-state index contributed by atoms with van der Waals surface area (Å²) in [5.41, 5.74) is 0.994. The minimum absolute atomic E-state index is 0.0878. The van der Waals surface area contributed by atoms with Gasteiger partial charge in [0.05, 0.1) is 13.2 Å². The van der Waals surface area contributed by atoms with Crippen molar-refractivity contribution in [3.8, 4) is 5.75 Å². The molecule has 6 nitrogen and oxygen atoms in total. The Bertz CT molecular complexity index is 730. The molecule has 0 aromatic heterocycles. The molecule has 0 unspecified atom stereocenters. The highest BCUT2D eigenvalue weighted by Crippen LogP contribution is 2.10. The van der Waals surface area contributed by atoms with E-state index in [1.807, 2.05) is 48.5 Å². The first-order chi connectivity index (χ1) is 13.2. The van der Waals surface area contributed by atoms with E-state index in [1.54, 1.807) is 17.0 Å². The van der Waals surface area contributed by atoms with Crippen molar-refractivity contribution < 1.29 is 19.1 Å². The zero-order valence-corrected chi connectivity index (χ0v) is 15.2. The number of morpholine rings is 1. The number of hydrogen-bond donors (Lipinski definition) is 1. The van der Waals surface area contributed by atoms with Crippen LogP contribution in [0.15, 0.2) is 60.7 Å². The number of amides is 2. The quantitative estimate of drug-likeness (QED) is 0.807. The summed E-state index contributed by atoms with van der Waals surface area (Å²) in [6.07, 6.45) is 0.439. The van der Waals surface area contributed by atoms with E-state index >= 15 is 0 Å². The molecule has 2 amide bonds. The average molecular weight is 368 g/mol. The molecule has 2 aromatic rings. The van der Waals surface area contributed by atoms with Crippen LogP contribution < -0.4 is 10.1 Å². The number of hydrogen-bond acceptors (Lipinski definition) is 4. The number of ether oxygens (including phenoxy) is 2. The second-order valence-electron chi connectivity index (χ2n) is 6.35. The SMILES string of the molecule is O=C(COc1ccccc1)N[C@@H](Cc1ccccc1)C(=O)N1CCOCC1. The van der Waals surface area contributed by atoms with Gasteiger partial charge in [-0.2, -0.15) is 0 Å². The van der Waals surface area contributed by atoms with Crippen molar-refractivity contribution >= 4 is 11.8 Å². The Morgan fingerprint density at radius 2 is 1.63 bits per heavy atom. The predicted molar refractivity (Wildman–Crippen MR) is 101 cm³/mol. The number of carbonyl (C=O) groups is 2. The Morgan fingerprint density at radius 1 is 1.00 bits per heavy atom. The molecule has 1 aliphatic rings. The van der Waals surface area contributed by atoms with Gasteiger partial charge in [-0.15, -0.1) is 0 Å². The third-order valence-corrected chi connectivity index (χ3v) is 4.35. The van der Waals surface area contributed by atoms with Gasteiger partial charge in [0.15, 0.2) is 6.61 Å². The van der Waals surface area contributed by atoms with Gasteiger partial charge >= 0.3 is 0 Å². The topological polar surface area (TPSA) is 67.9 Å². The Morgan fingerprint density at radius 3 is 2.30 bits per heavy atom. The van der Waals surface area contributed by atoms with Crippen LogP contribution in [0.25, 0.3) is 0 Å². The Balaban J connectivity index is 1.63. The summed E-state index contributed by atoms with van der Waals surface area (Å²) in [5, 5.41) is 2.84. The fourth-order valence-corrected chi connectivity index (χ4v) is 2.96. The molecule has 0 saturated carbocycles. The Hall–Kier alpha value is -2.86. The first-order valence-electron chi connectivity index (χ1n) is 9.10. The first-order valence-corrected chi connectivity index (χ1v) is 9.10. The molecule has 142 valence electrons. The zero-order valence-electron chi connectivity index (χ0n) is 15.2. The second kappa shape index (κ2) is 9.73. The van der Waals surface area contributed by atoms with Gasteiger partial charge in [0, 0.05) is 19.5 Å². The lowest BCUT2D eigenvalue weighted by molar-refractivity contribution is -0.140. The largest absolute Gasteiger partial charge is 0.484 e. The minimum Gasteiger partial charge on any atom is -0.484 e. The van der Waals surface area contributed by atoms with Gasteiger partial charge in [-0.25, -0.2) is 0 Å². The molecular weight excluding hydrogens is 344 g/mol. The van der Waals surface area contributed by atoms with E-state index in [1.165, 1.54) is 0 Å². The lowest BCUT2D eigenvalue weighted by Crippen LogP contribution is -2.53. The van der Waals surface area contributed by atoms with Crippen LogP contribution in [0.1, 0.15) is 5.56 Å². The fraction of sp³-hybridized carbons (Fsp3) is 0.333. The normalized spacial score (nSPS) is 15.0. The van der Waals surface area contributed by atoms with Gasteiger partial charge in [0.1, 0.15) is 11.8 Å². The third kappa shape index (κ3) is 5.82. The van der Waals surface area contributed by atoms with Gasteiger partial charge in [0.2, 0.25) is 5.91 Å². The molecule has 0 bridgehead atoms. The monoisotopic (exact) mass is 368 g/mol. The highest BCUT2D eigenvalue weighted by atomic mass is 16.5. The third-order valence-electron chi connectivity index (χ3n) is 4.35. The highest BCUT2D eigenvalue weighted by Gasteiger charge is 2.27. The molecule has 27 heavy (non-hydrogen) atoms. The molecule has 1 aliphatic heterocycles. The van der Waals surface area contributed by atoms with Crippen LogP contribution >= 0.6 is 0 Å². The van der Waals surface area contributed by atoms with E-state index in [-0.39, 0.29) is 18.4 Å². The predicted octanol–water partition coefficient (Wildman–Crippen LogP) is 1.65. The highest BCUT2D eigenvalue weighted by molar-refractivity contribution is 5.88. The summed E-state index contributed by atoms with van der Waals surface area (Å²) in [5.74, 6) is 0.211. The van der Waals surface area contributed by atoms with Crippen LogP contribution in [-0.2, 0) is 20.7 Å². The number of para-hydroxylation sites is 1. The molecule has 1 heterocycles. The van der Waals surface area contributed by atoms with Crippen molar-refractivity contribution in [2.24, 2.45) is 0 Å². The van der Waals surface area contributed by atoms with Crippen LogP contribution in [0.2, 0.25) is 0 Å². The lowest BCUT2D eigenvalue weighted by Gasteiger charge is -2.30. The summed E-state index contributed by atoms with van der Waals surface area (Å²) >= 11 is 0. The van der Waals surface area contributed by atoms with Crippen LogP contribution in [0.3, 0.4) is 0 Å². The molecule has 6 heteroatoms. The lowest BCUT2D eigenvalue weighted by atomic mass is 10.0. The summed E-state index contributed by atoms with van der Waals surface area (Å²) < 4.78 is 10.8. The van der Waals surface area contributed by atoms with Crippen molar-refractivity contribution in [1.29, 1.82) is 0 Å². The zero-order chi connectivity index (χ0) is 18.9. The molecule has 1 saturated heterocycles. The maximum Gasteiger partial charge on any atom is 0.258 e. The smallest absolute Gasteiger partial charge is 0.258 e. The second-order valence-corrected chi connectivity index (χ2v) is 6.35. The minimum atomic E-state index is -0.627. The summed E-state index contributed by atoms with van der Waals surface area (Å²) in [7, 11) is 0. The maximum atomic E-state index is 12.9. The standard InChI is InChI=1S/C21H24N2O4/c24-20(16-27-18-9-5-2-6-10-18)22-19(15-17-7-3-1-4-8-17)21(25)23-11-13-26-14-12-23/h1-10,19H,11-16H2,(H,22,24)/t19-/m0/s1. The summed E-state index contributed by atoms with van der Waals surface area (Å²) in [6, 6.07) is 18.2. The van der Waals surface area contributed by atoms with Gasteiger partial charge in [0.25, 0.3) is 5.91 Å². The molecular formula is C21H24N2O4. The molecule has 0 radical (unpaired) electrons. The average Bonchev–Trinajstić information content (AvgIpc) is 2.73. The molecule has 0 aliphatic carbocycles. The molecule has 1 fully saturated rings. The Labute approximate surface area is 159 Å². The van der Waals surface area contributed by atoms with Crippen molar-refractivity contribution in [2.75, 3.05) is 32.9 Å². The molecule has 1 N–H and O–H groups in total. The van der Waals surface area contributed by atoms with Crippen LogP contribution in [0.5, 0.6) is 5.75 Å². The number of nitrogens with zero attached hydrogens (tertiary/aromatic N) is 1. The Kier molecular flexibility index (Phi) is 6.82. The maximum absolute atomic E-state index is 12.9. The molecule has 3 rings (SSSR count). The van der Waals surface area contributed by atoms with Crippen LogP contribution in [-0.4, -0.2) is 55.7 Å². The molecule has 2 aromatic carbocycles. The first kappa shape index (κ1) is 18.9. The van der Waals surface area contributed by atoms with E-state index in [2.05, 4.69) is 5.32 Å². The summed E-state index contributed by atoms with van der Waals surface area (Å²) in [6.45, 7) is 2.00. The van der Waals surface area contributed by atoms with E-state index in [9.17, 15) is 9.59 Å². The van der Waals surface area contributed by atoms with Crippen molar-refractivity contribution in [3.63, 3.8) is 0 Å². The summed E-state index contributed by atoms with van der Waals surface area (Å²) in [4.78, 5) is 27.0. The van der Waals surface area contributed by atoms with Gasteiger partial charge < -0.3 is 19.7 Å². The van der Waals surface area contributed by atoms with Crippen LogP contribution in [0.4, 0.5) is 0 Å². The number of carbonyl (C=O) groups excluding carboxylic acids is 2. The molecule has 1 atom stereocenters. The van der Waals surface area contributed by atoms with Crippen molar-refractivity contribution in [2.45, 2.75) is 12.5 Å². The van der Waals surface area contributed by atoms with E-state index in [4.69, 9.17) is 9.47 Å². The van der Waals surface area contributed by atoms with Gasteiger partial charge in [-0.05, 0) is 17.7 Å². The number of rotatable bonds is 7. The number of benzene rings is 2. The van der Waals surface area contributed by atoms with Gasteiger partial charge in [-0.1, -0.05) is 48.5 Å². The fourth-order valence-electron chi connectivity index (χ4n) is 2.96. The molecule has 0 spiro atoms.